The molecule has 1 fully saturated rings. The van der Waals surface area contributed by atoms with Gasteiger partial charge >= 0.3 is 0 Å². The second-order valence-corrected chi connectivity index (χ2v) is 6.12. The normalized spacial score (nSPS) is 25.6. The Balaban J connectivity index is 2.03. The van der Waals surface area contributed by atoms with Crippen LogP contribution in [0.15, 0.2) is 24.4 Å². The largest absolute Gasteiger partial charge is 0.394 e. The van der Waals surface area contributed by atoms with Crippen molar-refractivity contribution >= 4 is 39.2 Å². The van der Waals surface area contributed by atoms with Crippen molar-refractivity contribution in [3.8, 4) is 0 Å². The minimum absolute atomic E-state index is 0.0405. The molecule has 2 heterocycles. The molecule has 0 saturated carbocycles. The quantitative estimate of drug-likeness (QED) is 0.462. The number of hydrogen-bond donors (Lipinski definition) is 2. The summed E-state index contributed by atoms with van der Waals surface area (Å²) >= 11 is 2.11. The lowest BCUT2D eigenvalue weighted by Gasteiger charge is -2.14. The molecule has 1 aliphatic rings. The average molecular weight is 404 g/mol. The second-order valence-electron chi connectivity index (χ2n) is 4.96. The highest BCUT2D eigenvalue weighted by molar-refractivity contribution is 14.1. The number of aliphatic hydroxyl groups is 2. The fourth-order valence-corrected chi connectivity index (χ4v) is 3.34. The molecule has 0 bridgehead atoms. The summed E-state index contributed by atoms with van der Waals surface area (Å²) in [5, 5.41) is 30.6. The Morgan fingerprint density at radius 3 is 2.90 bits per heavy atom. The first-order valence-corrected chi connectivity index (χ1v) is 7.48. The number of halogens is 1. The van der Waals surface area contributed by atoms with Crippen molar-refractivity contribution in [1.29, 1.82) is 0 Å². The Morgan fingerprint density at radius 2 is 2.29 bits per heavy atom. The lowest BCUT2D eigenvalue weighted by Crippen LogP contribution is -2.24. The first kappa shape index (κ1) is 14.7. The van der Waals surface area contributed by atoms with Crippen LogP contribution in [0.3, 0.4) is 0 Å². The molecule has 0 aliphatic carbocycles. The number of hydrogen-bond acceptors (Lipinski definition) is 5. The van der Waals surface area contributed by atoms with Gasteiger partial charge in [0.15, 0.2) is 0 Å². The second kappa shape index (κ2) is 5.52. The molecule has 21 heavy (non-hydrogen) atoms. The molecule has 0 spiro atoms. The minimum Gasteiger partial charge on any atom is -0.394 e. The molecule has 1 aromatic carbocycles. The van der Waals surface area contributed by atoms with Crippen molar-refractivity contribution in [2.75, 3.05) is 6.61 Å². The van der Waals surface area contributed by atoms with E-state index < -0.39 is 17.1 Å². The molecule has 8 heteroatoms. The van der Waals surface area contributed by atoms with E-state index in [9.17, 15) is 15.2 Å². The van der Waals surface area contributed by atoms with Crippen molar-refractivity contribution in [1.82, 2.24) is 4.57 Å². The van der Waals surface area contributed by atoms with Crippen molar-refractivity contribution in [2.24, 2.45) is 0 Å². The zero-order chi connectivity index (χ0) is 15.1. The Labute approximate surface area is 133 Å². The molecular formula is C13H13IN2O5. The van der Waals surface area contributed by atoms with Gasteiger partial charge < -0.3 is 19.5 Å². The highest BCUT2D eigenvalue weighted by Gasteiger charge is 2.35. The molecule has 3 unspecified atom stereocenters. The van der Waals surface area contributed by atoms with E-state index >= 15 is 0 Å². The van der Waals surface area contributed by atoms with Crippen molar-refractivity contribution < 1.29 is 19.9 Å². The van der Waals surface area contributed by atoms with Crippen LogP contribution in [0, 0.1) is 13.7 Å². The number of rotatable bonds is 3. The number of nitro benzene ring substituents is 1. The number of nitro groups is 1. The molecule has 2 N–H and O–H groups in total. The summed E-state index contributed by atoms with van der Waals surface area (Å²) in [5.74, 6) is 0. The van der Waals surface area contributed by atoms with Crippen LogP contribution in [0.2, 0.25) is 0 Å². The van der Waals surface area contributed by atoms with Gasteiger partial charge in [-0.25, -0.2) is 0 Å². The van der Waals surface area contributed by atoms with Crippen molar-refractivity contribution in [2.45, 2.75) is 24.9 Å². The molecule has 1 aromatic heterocycles. The molecule has 0 amide bonds. The first-order chi connectivity index (χ1) is 10.0. The van der Waals surface area contributed by atoms with Gasteiger partial charge in [-0.2, -0.15) is 0 Å². The highest BCUT2D eigenvalue weighted by Crippen LogP contribution is 2.35. The van der Waals surface area contributed by atoms with Gasteiger partial charge in [-0.1, -0.05) is 0 Å². The summed E-state index contributed by atoms with van der Waals surface area (Å²) in [6.07, 6.45) is 0.523. The molecule has 7 nitrogen and oxygen atoms in total. The number of non-ortho nitro benzene ring substituents is 1. The van der Waals surface area contributed by atoms with Gasteiger partial charge in [-0.3, -0.25) is 10.1 Å². The van der Waals surface area contributed by atoms with Crippen LogP contribution in [0.1, 0.15) is 12.6 Å². The Morgan fingerprint density at radius 1 is 1.52 bits per heavy atom. The summed E-state index contributed by atoms with van der Waals surface area (Å²) in [4.78, 5) is 10.4. The lowest BCUT2D eigenvalue weighted by atomic mass is 10.2. The van der Waals surface area contributed by atoms with Crippen LogP contribution >= 0.6 is 22.6 Å². The van der Waals surface area contributed by atoms with Gasteiger partial charge in [-0.15, -0.1) is 0 Å². The molecule has 3 rings (SSSR count). The molecular weight excluding hydrogens is 391 g/mol. The minimum atomic E-state index is -0.715. The standard InChI is InChI=1S/C13H13IN2O5/c14-9-5-15(13-4-11(18)12(6-17)21-13)10-2-1-7(16(19)20)3-8(9)10/h1-3,5,11-13,17-18H,4,6H2. The van der Waals surface area contributed by atoms with E-state index in [1.54, 1.807) is 6.07 Å². The Kier molecular flexibility index (Phi) is 3.86. The maximum atomic E-state index is 10.9. The fourth-order valence-electron chi connectivity index (χ4n) is 2.60. The van der Waals surface area contributed by atoms with Crippen LogP contribution in [-0.2, 0) is 4.74 Å². The summed E-state index contributed by atoms with van der Waals surface area (Å²) < 4.78 is 8.35. The zero-order valence-electron chi connectivity index (χ0n) is 10.8. The summed E-state index contributed by atoms with van der Waals surface area (Å²) in [6, 6.07) is 4.66. The third-order valence-corrected chi connectivity index (χ3v) is 4.53. The van der Waals surface area contributed by atoms with Gasteiger partial charge in [0.25, 0.3) is 5.69 Å². The number of aromatic nitrogens is 1. The predicted octanol–water partition coefficient (Wildman–Crippen LogP) is 1.79. The molecule has 1 aliphatic heterocycles. The average Bonchev–Trinajstić information content (AvgIpc) is 2.99. The third kappa shape index (κ3) is 2.52. The topological polar surface area (TPSA) is 97.8 Å². The van der Waals surface area contributed by atoms with E-state index in [1.807, 2.05) is 10.8 Å². The summed E-state index contributed by atoms with van der Waals surface area (Å²) in [5.41, 5.74) is 0.847. The smallest absolute Gasteiger partial charge is 0.270 e. The van der Waals surface area contributed by atoms with E-state index in [0.717, 1.165) is 14.5 Å². The maximum absolute atomic E-state index is 10.9. The summed E-state index contributed by atoms with van der Waals surface area (Å²) in [6.45, 7) is -0.237. The number of nitrogens with zero attached hydrogens (tertiary/aromatic N) is 2. The third-order valence-electron chi connectivity index (χ3n) is 3.67. The monoisotopic (exact) mass is 404 g/mol. The SMILES string of the molecule is O=[N+]([O-])c1ccc2c(c1)c(I)cn2C1CC(O)C(CO)O1. The number of ether oxygens (including phenoxy) is 1. The molecule has 0 radical (unpaired) electrons. The van der Waals surface area contributed by atoms with Gasteiger partial charge in [0.1, 0.15) is 12.3 Å². The highest BCUT2D eigenvalue weighted by atomic mass is 127. The van der Waals surface area contributed by atoms with E-state index in [1.165, 1.54) is 12.1 Å². The Bertz CT molecular complexity index is 701. The van der Waals surface area contributed by atoms with E-state index in [0.29, 0.717) is 6.42 Å². The van der Waals surface area contributed by atoms with Gasteiger partial charge in [0.05, 0.1) is 23.2 Å². The summed E-state index contributed by atoms with van der Waals surface area (Å²) in [7, 11) is 0. The van der Waals surface area contributed by atoms with Crippen LogP contribution in [0.25, 0.3) is 10.9 Å². The number of aliphatic hydroxyl groups excluding tert-OH is 2. The Hall–Kier alpha value is -1.23. The molecule has 112 valence electrons. The fraction of sp³-hybridized carbons (Fsp3) is 0.385. The van der Waals surface area contributed by atoms with Gasteiger partial charge in [-0.05, 0) is 28.7 Å². The van der Waals surface area contributed by atoms with Crippen LogP contribution < -0.4 is 0 Å². The van der Waals surface area contributed by atoms with Gasteiger partial charge in [0, 0.05) is 33.7 Å². The molecule has 3 atom stereocenters. The maximum Gasteiger partial charge on any atom is 0.270 e. The van der Waals surface area contributed by atoms with E-state index in [-0.39, 0.29) is 18.5 Å². The lowest BCUT2D eigenvalue weighted by molar-refractivity contribution is -0.384. The molecule has 1 saturated heterocycles. The van der Waals surface area contributed by atoms with Crippen LogP contribution in [0.5, 0.6) is 0 Å². The molecule has 2 aromatic rings. The predicted molar refractivity (Wildman–Crippen MR) is 82.9 cm³/mol. The van der Waals surface area contributed by atoms with Crippen molar-refractivity contribution in [3.05, 3.63) is 38.1 Å². The zero-order valence-corrected chi connectivity index (χ0v) is 13.0. The number of benzene rings is 1. The van der Waals surface area contributed by atoms with Gasteiger partial charge in [0.2, 0.25) is 0 Å². The van der Waals surface area contributed by atoms with Crippen LogP contribution in [-0.4, -0.2) is 38.5 Å². The first-order valence-electron chi connectivity index (χ1n) is 6.40. The van der Waals surface area contributed by atoms with E-state index in [4.69, 9.17) is 9.84 Å². The van der Waals surface area contributed by atoms with Crippen molar-refractivity contribution in [3.63, 3.8) is 0 Å². The number of fused-ring (bicyclic) bond motifs is 1. The van der Waals surface area contributed by atoms with Crippen LogP contribution in [0.4, 0.5) is 5.69 Å². The van der Waals surface area contributed by atoms with E-state index in [2.05, 4.69) is 22.6 Å².